The highest BCUT2D eigenvalue weighted by atomic mass is 19.1. The topological polar surface area (TPSA) is 87.3 Å². The molecule has 1 aromatic heterocycles. The molecule has 1 aliphatic heterocycles. The van der Waals surface area contributed by atoms with Crippen LogP contribution in [0, 0.1) is 5.92 Å². The first-order valence-corrected chi connectivity index (χ1v) is 6.18. The third kappa shape index (κ3) is 1.73. The molecule has 4 N–H and O–H groups in total. The minimum Gasteiger partial charge on any atom is -0.396 e. The lowest BCUT2D eigenvalue weighted by atomic mass is 10.0. The van der Waals surface area contributed by atoms with E-state index in [2.05, 4.69) is 21.9 Å². The lowest BCUT2D eigenvalue weighted by molar-refractivity contribution is 0.230. The number of hydrogen-bond acceptors (Lipinski definition) is 6. The molecule has 6 nitrogen and oxygen atoms in total. The molecular formula is C12H16FN5O. The fourth-order valence-electron chi connectivity index (χ4n) is 2.86. The molecule has 2 unspecified atom stereocenters. The quantitative estimate of drug-likeness (QED) is 0.676. The molecule has 0 bridgehead atoms. The van der Waals surface area contributed by atoms with Crippen molar-refractivity contribution >= 4 is 17.3 Å². The lowest BCUT2D eigenvalue weighted by Gasteiger charge is -2.27. The molecule has 19 heavy (non-hydrogen) atoms. The van der Waals surface area contributed by atoms with Crippen LogP contribution in [-0.2, 0) is 0 Å². The zero-order chi connectivity index (χ0) is 13.6. The van der Waals surface area contributed by atoms with Gasteiger partial charge >= 0.3 is 0 Å². The Kier molecular flexibility index (Phi) is 2.78. The van der Waals surface area contributed by atoms with E-state index in [1.807, 2.05) is 0 Å². The van der Waals surface area contributed by atoms with Crippen LogP contribution in [0.2, 0.25) is 0 Å². The zero-order valence-electron chi connectivity index (χ0n) is 10.4. The standard InChI is InChI=1S/C12H16FN5O/c1-6-7(3-19)2-8(13)10(6)18-5-17-9-11(14)15-4-16-12(9)18/h4,7-8,10,17,19H,1-3,5H2,(H2,14,15,16)/t7?,8-,10?/m0/s1. The zero-order valence-corrected chi connectivity index (χ0v) is 10.4. The Morgan fingerprint density at radius 1 is 1.58 bits per heavy atom. The second kappa shape index (κ2) is 4.34. The molecule has 1 saturated carbocycles. The van der Waals surface area contributed by atoms with Crippen LogP contribution in [0.1, 0.15) is 6.42 Å². The van der Waals surface area contributed by atoms with Gasteiger partial charge in [0.05, 0.1) is 12.7 Å². The summed E-state index contributed by atoms with van der Waals surface area (Å²) in [6.07, 6.45) is 0.600. The maximum Gasteiger partial charge on any atom is 0.159 e. The predicted octanol–water partition coefficient (Wildman–Crippen LogP) is 0.523. The maximum absolute atomic E-state index is 14.2. The molecule has 3 atom stereocenters. The summed E-state index contributed by atoms with van der Waals surface area (Å²) in [4.78, 5) is 9.87. The summed E-state index contributed by atoms with van der Waals surface area (Å²) in [6, 6.07) is -0.472. The molecule has 2 heterocycles. The molecule has 102 valence electrons. The van der Waals surface area contributed by atoms with Crippen LogP contribution >= 0.6 is 0 Å². The second-order valence-corrected chi connectivity index (χ2v) is 4.91. The molecule has 3 rings (SSSR count). The van der Waals surface area contributed by atoms with Crippen LogP contribution in [0.15, 0.2) is 18.5 Å². The Labute approximate surface area is 110 Å². The summed E-state index contributed by atoms with van der Waals surface area (Å²) in [6.45, 7) is 4.28. The smallest absolute Gasteiger partial charge is 0.159 e. The predicted molar refractivity (Wildman–Crippen MR) is 70.4 cm³/mol. The van der Waals surface area contributed by atoms with Crippen molar-refractivity contribution in [3.05, 3.63) is 18.5 Å². The average molecular weight is 265 g/mol. The van der Waals surface area contributed by atoms with Crippen molar-refractivity contribution in [2.75, 3.05) is 29.2 Å². The van der Waals surface area contributed by atoms with E-state index in [1.165, 1.54) is 6.33 Å². The molecule has 2 aliphatic rings. The molecule has 0 saturated heterocycles. The number of hydrogen-bond donors (Lipinski definition) is 3. The van der Waals surface area contributed by atoms with Crippen molar-refractivity contribution in [1.29, 1.82) is 0 Å². The Bertz CT molecular complexity index is 523. The molecule has 0 radical (unpaired) electrons. The number of aromatic nitrogens is 2. The number of nitrogens with two attached hydrogens (primary N) is 1. The number of nitrogen functional groups attached to an aromatic ring is 1. The van der Waals surface area contributed by atoms with E-state index in [-0.39, 0.29) is 12.5 Å². The van der Waals surface area contributed by atoms with Gasteiger partial charge in [-0.05, 0) is 12.0 Å². The summed E-state index contributed by atoms with van der Waals surface area (Å²) in [5.41, 5.74) is 7.10. The van der Waals surface area contributed by atoms with E-state index in [9.17, 15) is 9.50 Å². The van der Waals surface area contributed by atoms with Gasteiger partial charge in [0.25, 0.3) is 0 Å². The van der Waals surface area contributed by atoms with E-state index < -0.39 is 12.2 Å². The van der Waals surface area contributed by atoms with Crippen molar-refractivity contribution in [3.63, 3.8) is 0 Å². The highest BCUT2D eigenvalue weighted by Crippen LogP contribution is 2.42. The minimum absolute atomic E-state index is 0.0736. The number of nitrogens with zero attached hydrogens (tertiary/aromatic N) is 3. The van der Waals surface area contributed by atoms with Crippen LogP contribution in [0.25, 0.3) is 0 Å². The van der Waals surface area contributed by atoms with Gasteiger partial charge < -0.3 is 21.1 Å². The highest BCUT2D eigenvalue weighted by molar-refractivity contribution is 5.80. The van der Waals surface area contributed by atoms with Crippen molar-refractivity contribution in [3.8, 4) is 0 Å². The fraction of sp³-hybridized carbons (Fsp3) is 0.500. The van der Waals surface area contributed by atoms with Gasteiger partial charge in [0, 0.05) is 12.5 Å². The van der Waals surface area contributed by atoms with Crippen LogP contribution in [-0.4, -0.2) is 40.6 Å². The molecule has 7 heteroatoms. The van der Waals surface area contributed by atoms with E-state index in [0.29, 0.717) is 36.0 Å². The van der Waals surface area contributed by atoms with Gasteiger partial charge in [0.2, 0.25) is 0 Å². The van der Waals surface area contributed by atoms with Crippen molar-refractivity contribution in [2.45, 2.75) is 18.6 Å². The number of rotatable bonds is 2. The van der Waals surface area contributed by atoms with E-state index >= 15 is 0 Å². The van der Waals surface area contributed by atoms with Gasteiger partial charge in [0.1, 0.15) is 18.2 Å². The number of fused-ring (bicyclic) bond motifs is 1. The van der Waals surface area contributed by atoms with Crippen molar-refractivity contribution in [1.82, 2.24) is 9.97 Å². The monoisotopic (exact) mass is 265 g/mol. The molecule has 1 fully saturated rings. The van der Waals surface area contributed by atoms with Crippen LogP contribution in [0.3, 0.4) is 0 Å². The number of aliphatic hydroxyl groups is 1. The maximum atomic E-state index is 14.2. The largest absolute Gasteiger partial charge is 0.396 e. The molecule has 0 aromatic carbocycles. The third-order valence-corrected chi connectivity index (χ3v) is 3.87. The summed E-state index contributed by atoms with van der Waals surface area (Å²) >= 11 is 0. The molecule has 0 amide bonds. The number of aliphatic hydroxyl groups excluding tert-OH is 1. The van der Waals surface area contributed by atoms with Gasteiger partial charge in [-0.2, -0.15) is 0 Å². The van der Waals surface area contributed by atoms with E-state index in [1.54, 1.807) is 4.90 Å². The Morgan fingerprint density at radius 3 is 3.05 bits per heavy atom. The molecule has 0 spiro atoms. The fourth-order valence-corrected chi connectivity index (χ4v) is 2.86. The van der Waals surface area contributed by atoms with Gasteiger partial charge in [-0.15, -0.1) is 0 Å². The molecule has 1 aromatic rings. The normalized spacial score (nSPS) is 29.5. The summed E-state index contributed by atoms with van der Waals surface area (Å²) in [7, 11) is 0. The number of halogens is 1. The first-order valence-electron chi connectivity index (χ1n) is 6.18. The van der Waals surface area contributed by atoms with Crippen LogP contribution < -0.4 is 16.0 Å². The first-order chi connectivity index (χ1) is 9.13. The Hall–Kier alpha value is -1.89. The van der Waals surface area contributed by atoms with Gasteiger partial charge in [-0.3, -0.25) is 0 Å². The Balaban J connectivity index is 1.94. The summed E-state index contributed by atoms with van der Waals surface area (Å²) in [5.74, 6) is 0.758. The number of nitrogens with one attached hydrogen (secondary N) is 1. The van der Waals surface area contributed by atoms with E-state index in [4.69, 9.17) is 5.73 Å². The molecule has 1 aliphatic carbocycles. The first kappa shape index (κ1) is 12.2. The highest BCUT2D eigenvalue weighted by Gasteiger charge is 2.43. The molecular weight excluding hydrogens is 249 g/mol. The van der Waals surface area contributed by atoms with Crippen molar-refractivity contribution in [2.24, 2.45) is 5.92 Å². The third-order valence-electron chi connectivity index (χ3n) is 3.87. The second-order valence-electron chi connectivity index (χ2n) is 4.91. The van der Waals surface area contributed by atoms with Gasteiger partial charge in [0.15, 0.2) is 11.6 Å². The van der Waals surface area contributed by atoms with E-state index in [0.717, 1.165) is 0 Å². The van der Waals surface area contributed by atoms with Crippen LogP contribution in [0.5, 0.6) is 0 Å². The summed E-state index contributed by atoms with van der Waals surface area (Å²) in [5, 5.41) is 12.3. The lowest BCUT2D eigenvalue weighted by Crippen LogP contribution is -2.40. The average Bonchev–Trinajstić information content (AvgIpc) is 2.92. The van der Waals surface area contributed by atoms with Crippen molar-refractivity contribution < 1.29 is 9.50 Å². The number of alkyl halides is 1. The van der Waals surface area contributed by atoms with Gasteiger partial charge in [-0.25, -0.2) is 14.4 Å². The minimum atomic E-state index is -1.06. The SMILES string of the molecule is C=C1C(CO)C[C@H](F)C1N1CNc2c(N)ncnc21. The summed E-state index contributed by atoms with van der Waals surface area (Å²) < 4.78 is 14.2. The number of anilines is 3. The van der Waals surface area contributed by atoms with Crippen LogP contribution in [0.4, 0.5) is 21.7 Å². The van der Waals surface area contributed by atoms with Gasteiger partial charge in [-0.1, -0.05) is 6.58 Å². The Morgan fingerprint density at radius 2 is 2.37 bits per heavy atom.